The molecule has 1 aliphatic carbocycles. The molecule has 0 saturated heterocycles. The molecule has 3 rings (SSSR count). The third-order valence-electron chi connectivity index (χ3n) is 4.52. The van der Waals surface area contributed by atoms with Gasteiger partial charge in [-0.1, -0.05) is 37.5 Å². The summed E-state index contributed by atoms with van der Waals surface area (Å²) in [6.45, 7) is 0.746. The van der Waals surface area contributed by atoms with E-state index < -0.39 is 0 Å². The fourth-order valence-corrected chi connectivity index (χ4v) is 4.12. The first-order chi connectivity index (χ1) is 10.2. The van der Waals surface area contributed by atoms with Crippen LogP contribution in [0.15, 0.2) is 30.3 Å². The molecule has 1 heterocycles. The van der Waals surface area contributed by atoms with Gasteiger partial charge >= 0.3 is 0 Å². The van der Waals surface area contributed by atoms with Crippen LogP contribution >= 0.6 is 11.3 Å². The Labute approximate surface area is 129 Å². The van der Waals surface area contributed by atoms with Crippen LogP contribution in [0.5, 0.6) is 0 Å². The number of hydrogen-bond acceptors (Lipinski definition) is 3. The number of amides is 1. The molecule has 3 nitrogen and oxygen atoms in total. The molecule has 0 bridgehead atoms. The Morgan fingerprint density at radius 1 is 1.24 bits per heavy atom. The number of aliphatic hydroxyl groups excluding tert-OH is 1. The van der Waals surface area contributed by atoms with E-state index in [2.05, 4.69) is 5.32 Å². The highest BCUT2D eigenvalue weighted by molar-refractivity contribution is 7.20. The van der Waals surface area contributed by atoms with Crippen LogP contribution in [0.3, 0.4) is 0 Å². The van der Waals surface area contributed by atoms with E-state index in [0.29, 0.717) is 6.54 Å². The molecule has 4 heteroatoms. The van der Waals surface area contributed by atoms with Gasteiger partial charge in [-0.15, -0.1) is 11.3 Å². The van der Waals surface area contributed by atoms with Crippen LogP contribution in [-0.2, 0) is 0 Å². The van der Waals surface area contributed by atoms with Gasteiger partial charge in [0.15, 0.2) is 0 Å². The van der Waals surface area contributed by atoms with Crippen molar-refractivity contribution in [2.45, 2.75) is 32.1 Å². The van der Waals surface area contributed by atoms with Crippen molar-refractivity contribution in [3.05, 3.63) is 35.2 Å². The Morgan fingerprint density at radius 3 is 2.71 bits per heavy atom. The molecule has 0 spiro atoms. The molecule has 1 aliphatic rings. The van der Waals surface area contributed by atoms with Gasteiger partial charge in [-0.05, 0) is 30.4 Å². The van der Waals surface area contributed by atoms with Crippen LogP contribution in [0, 0.1) is 5.41 Å². The van der Waals surface area contributed by atoms with E-state index in [1.54, 1.807) is 0 Å². The summed E-state index contributed by atoms with van der Waals surface area (Å²) in [6, 6.07) is 9.98. The molecule has 2 N–H and O–H groups in total. The molecule has 1 fully saturated rings. The molecule has 0 radical (unpaired) electrons. The smallest absolute Gasteiger partial charge is 0.261 e. The highest BCUT2D eigenvalue weighted by Gasteiger charge is 2.31. The maximum atomic E-state index is 12.3. The molecule has 1 aromatic carbocycles. The number of rotatable bonds is 4. The molecule has 0 atom stereocenters. The van der Waals surface area contributed by atoms with Gasteiger partial charge in [0.25, 0.3) is 5.91 Å². The van der Waals surface area contributed by atoms with Crippen LogP contribution in [0.4, 0.5) is 0 Å². The number of carbonyl (C=O) groups is 1. The third kappa shape index (κ3) is 3.11. The first-order valence-corrected chi connectivity index (χ1v) is 8.42. The zero-order chi connectivity index (χ0) is 14.7. The number of carbonyl (C=O) groups excluding carboxylic acids is 1. The number of fused-ring (bicyclic) bond motifs is 1. The van der Waals surface area contributed by atoms with Crippen molar-refractivity contribution in [1.82, 2.24) is 5.32 Å². The van der Waals surface area contributed by atoms with Crippen molar-refractivity contribution in [3.63, 3.8) is 0 Å². The van der Waals surface area contributed by atoms with E-state index in [9.17, 15) is 9.90 Å². The molecule has 1 amide bonds. The summed E-state index contributed by atoms with van der Waals surface area (Å²) in [4.78, 5) is 13.1. The summed E-state index contributed by atoms with van der Waals surface area (Å²) in [5.74, 6) is -0.0189. The molecule has 0 unspecified atom stereocenters. The number of hydrogen-bond donors (Lipinski definition) is 2. The molecular weight excluding hydrogens is 282 g/mol. The summed E-state index contributed by atoms with van der Waals surface area (Å²) in [7, 11) is 0. The maximum Gasteiger partial charge on any atom is 0.261 e. The normalized spacial score (nSPS) is 17.8. The van der Waals surface area contributed by atoms with Crippen LogP contribution < -0.4 is 5.32 Å². The summed E-state index contributed by atoms with van der Waals surface area (Å²) in [5.41, 5.74) is -0.107. The Balaban J connectivity index is 1.68. The first-order valence-electron chi connectivity index (χ1n) is 7.60. The lowest BCUT2D eigenvalue weighted by Crippen LogP contribution is -2.41. The van der Waals surface area contributed by atoms with Gasteiger partial charge in [0.2, 0.25) is 0 Å². The van der Waals surface area contributed by atoms with Crippen LogP contribution in [0.1, 0.15) is 41.8 Å². The average Bonchev–Trinajstić information content (AvgIpc) is 2.97. The van der Waals surface area contributed by atoms with Crippen molar-refractivity contribution in [2.75, 3.05) is 13.2 Å². The van der Waals surface area contributed by atoms with Crippen LogP contribution in [0.25, 0.3) is 10.1 Å². The highest BCUT2D eigenvalue weighted by Crippen LogP contribution is 2.35. The Bertz CT molecular complexity index is 596. The molecule has 21 heavy (non-hydrogen) atoms. The van der Waals surface area contributed by atoms with Gasteiger partial charge < -0.3 is 10.4 Å². The van der Waals surface area contributed by atoms with Crippen molar-refractivity contribution in [2.24, 2.45) is 5.41 Å². The minimum absolute atomic E-state index is 0.0189. The predicted octanol–water partition coefficient (Wildman–Crippen LogP) is 3.57. The van der Waals surface area contributed by atoms with Gasteiger partial charge in [0, 0.05) is 16.7 Å². The lowest BCUT2D eigenvalue weighted by Gasteiger charge is -2.35. The SMILES string of the molecule is O=C(NCC1(CO)CCCCC1)c1cc2ccccc2s1. The number of thiophene rings is 1. The lowest BCUT2D eigenvalue weighted by molar-refractivity contribution is 0.0720. The molecule has 1 saturated carbocycles. The second kappa shape index (κ2) is 6.16. The monoisotopic (exact) mass is 303 g/mol. The Hall–Kier alpha value is -1.39. The van der Waals surface area contributed by atoms with E-state index in [-0.39, 0.29) is 17.9 Å². The van der Waals surface area contributed by atoms with Gasteiger partial charge in [0.1, 0.15) is 0 Å². The maximum absolute atomic E-state index is 12.3. The molecule has 1 aromatic heterocycles. The zero-order valence-corrected chi connectivity index (χ0v) is 12.9. The minimum Gasteiger partial charge on any atom is -0.396 e. The summed E-state index contributed by atoms with van der Waals surface area (Å²) in [6.07, 6.45) is 5.57. The Kier molecular flexibility index (Phi) is 4.27. The number of aliphatic hydroxyl groups is 1. The van der Waals surface area contributed by atoms with Crippen LogP contribution in [-0.4, -0.2) is 24.2 Å². The van der Waals surface area contributed by atoms with Crippen LogP contribution in [0.2, 0.25) is 0 Å². The first kappa shape index (κ1) is 14.5. The standard InChI is InChI=1S/C17H21NO2S/c19-12-17(8-4-1-5-9-17)11-18-16(20)15-10-13-6-2-3-7-14(13)21-15/h2-3,6-7,10,19H,1,4-5,8-9,11-12H2,(H,18,20). The van der Waals surface area contributed by atoms with Gasteiger partial charge in [-0.25, -0.2) is 0 Å². The molecule has 112 valence electrons. The quantitative estimate of drug-likeness (QED) is 0.907. The van der Waals surface area contributed by atoms with E-state index >= 15 is 0 Å². The largest absolute Gasteiger partial charge is 0.396 e. The van der Waals surface area contributed by atoms with Gasteiger partial charge in [-0.3, -0.25) is 4.79 Å². The summed E-state index contributed by atoms with van der Waals surface area (Å²) in [5, 5.41) is 13.8. The van der Waals surface area contributed by atoms with Crippen molar-refractivity contribution in [1.29, 1.82) is 0 Å². The predicted molar refractivity (Wildman–Crippen MR) is 86.8 cm³/mol. The second-order valence-corrected chi connectivity index (χ2v) is 7.13. The minimum atomic E-state index is -0.107. The lowest BCUT2D eigenvalue weighted by atomic mass is 9.74. The van der Waals surface area contributed by atoms with Crippen molar-refractivity contribution >= 4 is 27.3 Å². The fourth-order valence-electron chi connectivity index (χ4n) is 3.14. The van der Waals surface area contributed by atoms with Gasteiger partial charge in [0.05, 0.1) is 11.5 Å². The van der Waals surface area contributed by atoms with E-state index in [4.69, 9.17) is 0 Å². The topological polar surface area (TPSA) is 49.3 Å². The van der Waals surface area contributed by atoms with Crippen molar-refractivity contribution < 1.29 is 9.90 Å². The molecule has 2 aromatic rings. The van der Waals surface area contributed by atoms with E-state index in [0.717, 1.165) is 40.6 Å². The van der Waals surface area contributed by atoms with E-state index in [1.807, 2.05) is 30.3 Å². The van der Waals surface area contributed by atoms with E-state index in [1.165, 1.54) is 17.8 Å². The molecule has 0 aliphatic heterocycles. The van der Waals surface area contributed by atoms with Crippen molar-refractivity contribution in [3.8, 4) is 0 Å². The fraction of sp³-hybridized carbons (Fsp3) is 0.471. The average molecular weight is 303 g/mol. The number of benzene rings is 1. The Morgan fingerprint density at radius 2 is 2.00 bits per heavy atom. The number of nitrogens with one attached hydrogen (secondary N) is 1. The zero-order valence-electron chi connectivity index (χ0n) is 12.1. The summed E-state index contributed by atoms with van der Waals surface area (Å²) >= 11 is 1.52. The third-order valence-corrected chi connectivity index (χ3v) is 5.64. The highest BCUT2D eigenvalue weighted by atomic mass is 32.1. The molecular formula is C17H21NO2S. The summed E-state index contributed by atoms with van der Waals surface area (Å²) < 4.78 is 1.14. The second-order valence-electron chi connectivity index (χ2n) is 6.05. The van der Waals surface area contributed by atoms with Gasteiger partial charge in [-0.2, -0.15) is 0 Å².